The van der Waals surface area contributed by atoms with Gasteiger partial charge in [-0.3, -0.25) is 0 Å². The predicted molar refractivity (Wildman–Crippen MR) is 44.2 cm³/mol. The standard InChI is InChI=1S/C8H18N2/c1-3-10(2)7-6-9-8-4-5-8/h8-9H,3-7H2,1-2H3. The van der Waals surface area contributed by atoms with Gasteiger partial charge in [0.1, 0.15) is 0 Å². The van der Waals surface area contributed by atoms with Crippen molar-refractivity contribution in [1.82, 2.24) is 10.2 Å². The summed E-state index contributed by atoms with van der Waals surface area (Å²) in [5, 5.41) is 3.48. The fraction of sp³-hybridized carbons (Fsp3) is 1.00. The molecule has 0 spiro atoms. The Labute approximate surface area is 63.6 Å². The Balaban J connectivity index is 1.83. The third-order valence-corrected chi connectivity index (χ3v) is 2.04. The van der Waals surface area contributed by atoms with Crippen molar-refractivity contribution in [3.63, 3.8) is 0 Å². The average Bonchev–Trinajstić information content (AvgIpc) is 2.71. The summed E-state index contributed by atoms with van der Waals surface area (Å²) in [7, 11) is 2.16. The molecule has 1 saturated carbocycles. The molecule has 0 aromatic rings. The van der Waals surface area contributed by atoms with Gasteiger partial charge in [-0.25, -0.2) is 0 Å². The molecule has 0 atom stereocenters. The Hall–Kier alpha value is -0.0800. The molecule has 1 aliphatic rings. The number of hydrogen-bond donors (Lipinski definition) is 1. The third-order valence-electron chi connectivity index (χ3n) is 2.04. The fourth-order valence-corrected chi connectivity index (χ4v) is 0.905. The highest BCUT2D eigenvalue weighted by Gasteiger charge is 2.19. The summed E-state index contributed by atoms with van der Waals surface area (Å²) in [6.07, 6.45) is 2.80. The summed E-state index contributed by atoms with van der Waals surface area (Å²) in [5.41, 5.74) is 0. The van der Waals surface area contributed by atoms with Crippen molar-refractivity contribution >= 4 is 0 Å². The van der Waals surface area contributed by atoms with E-state index in [1.165, 1.54) is 19.4 Å². The van der Waals surface area contributed by atoms with Crippen LogP contribution in [0, 0.1) is 0 Å². The molecule has 60 valence electrons. The first-order chi connectivity index (χ1) is 4.83. The Morgan fingerprint density at radius 1 is 1.50 bits per heavy atom. The molecule has 0 aliphatic heterocycles. The van der Waals surface area contributed by atoms with Crippen LogP contribution in [-0.4, -0.2) is 37.6 Å². The second kappa shape index (κ2) is 3.94. The van der Waals surface area contributed by atoms with E-state index in [9.17, 15) is 0 Å². The lowest BCUT2D eigenvalue weighted by molar-refractivity contribution is 0.348. The van der Waals surface area contributed by atoms with Crippen LogP contribution in [0.1, 0.15) is 19.8 Å². The van der Waals surface area contributed by atoms with E-state index in [0.717, 1.165) is 19.1 Å². The van der Waals surface area contributed by atoms with Crippen LogP contribution in [-0.2, 0) is 0 Å². The largest absolute Gasteiger partial charge is 0.313 e. The zero-order valence-electron chi connectivity index (χ0n) is 7.06. The number of hydrogen-bond acceptors (Lipinski definition) is 2. The van der Waals surface area contributed by atoms with Crippen molar-refractivity contribution < 1.29 is 0 Å². The molecule has 1 aliphatic carbocycles. The normalized spacial score (nSPS) is 18.3. The van der Waals surface area contributed by atoms with E-state index in [2.05, 4.69) is 24.2 Å². The molecule has 0 aromatic carbocycles. The summed E-state index contributed by atoms with van der Waals surface area (Å²) in [6, 6.07) is 0.866. The topological polar surface area (TPSA) is 15.3 Å². The van der Waals surface area contributed by atoms with Gasteiger partial charge >= 0.3 is 0 Å². The van der Waals surface area contributed by atoms with Gasteiger partial charge in [0.25, 0.3) is 0 Å². The molecular formula is C8H18N2. The van der Waals surface area contributed by atoms with E-state index < -0.39 is 0 Å². The maximum Gasteiger partial charge on any atom is 0.0104 e. The molecule has 0 amide bonds. The number of rotatable bonds is 5. The first-order valence-corrected chi connectivity index (χ1v) is 4.25. The molecule has 1 rings (SSSR count). The van der Waals surface area contributed by atoms with Gasteiger partial charge < -0.3 is 10.2 Å². The molecule has 0 heterocycles. The summed E-state index contributed by atoms with van der Waals surface area (Å²) < 4.78 is 0. The van der Waals surface area contributed by atoms with E-state index >= 15 is 0 Å². The molecule has 0 radical (unpaired) electrons. The van der Waals surface area contributed by atoms with Crippen LogP contribution in [0.25, 0.3) is 0 Å². The van der Waals surface area contributed by atoms with Crippen molar-refractivity contribution in [3.8, 4) is 0 Å². The molecule has 1 N–H and O–H groups in total. The van der Waals surface area contributed by atoms with Crippen LogP contribution >= 0.6 is 0 Å². The van der Waals surface area contributed by atoms with Gasteiger partial charge in [-0.15, -0.1) is 0 Å². The van der Waals surface area contributed by atoms with E-state index in [1.807, 2.05) is 0 Å². The average molecular weight is 142 g/mol. The van der Waals surface area contributed by atoms with Crippen LogP contribution in [0.3, 0.4) is 0 Å². The van der Waals surface area contributed by atoms with Crippen molar-refractivity contribution in [1.29, 1.82) is 0 Å². The van der Waals surface area contributed by atoms with Crippen molar-refractivity contribution in [2.45, 2.75) is 25.8 Å². The summed E-state index contributed by atoms with van der Waals surface area (Å²) in [5.74, 6) is 0. The van der Waals surface area contributed by atoms with Crippen LogP contribution in [0.4, 0.5) is 0 Å². The highest BCUT2D eigenvalue weighted by atomic mass is 15.1. The maximum atomic E-state index is 3.48. The molecule has 2 nitrogen and oxygen atoms in total. The monoisotopic (exact) mass is 142 g/mol. The molecule has 2 heteroatoms. The van der Waals surface area contributed by atoms with Gasteiger partial charge in [-0.1, -0.05) is 6.92 Å². The van der Waals surface area contributed by atoms with Crippen LogP contribution in [0.2, 0.25) is 0 Å². The second-order valence-electron chi connectivity index (χ2n) is 3.12. The highest BCUT2D eigenvalue weighted by Crippen LogP contribution is 2.17. The summed E-state index contributed by atoms with van der Waals surface area (Å²) in [4.78, 5) is 2.33. The van der Waals surface area contributed by atoms with Crippen molar-refractivity contribution in [2.24, 2.45) is 0 Å². The smallest absolute Gasteiger partial charge is 0.0104 e. The summed E-state index contributed by atoms with van der Waals surface area (Å²) >= 11 is 0. The second-order valence-corrected chi connectivity index (χ2v) is 3.12. The third kappa shape index (κ3) is 3.18. The van der Waals surface area contributed by atoms with Gasteiger partial charge in [0.2, 0.25) is 0 Å². The minimum Gasteiger partial charge on any atom is -0.313 e. The lowest BCUT2D eigenvalue weighted by Gasteiger charge is -2.13. The molecule has 0 bridgehead atoms. The van der Waals surface area contributed by atoms with E-state index in [1.54, 1.807) is 0 Å². The number of likely N-dealkylation sites (N-methyl/N-ethyl adjacent to an activating group) is 1. The molecule has 0 aromatic heterocycles. The lowest BCUT2D eigenvalue weighted by Crippen LogP contribution is -2.30. The first kappa shape index (κ1) is 8.02. The zero-order valence-corrected chi connectivity index (χ0v) is 7.06. The van der Waals surface area contributed by atoms with Crippen molar-refractivity contribution in [3.05, 3.63) is 0 Å². The quantitative estimate of drug-likeness (QED) is 0.607. The highest BCUT2D eigenvalue weighted by molar-refractivity contribution is 4.80. The van der Waals surface area contributed by atoms with Gasteiger partial charge in [0, 0.05) is 19.1 Å². The Morgan fingerprint density at radius 2 is 2.20 bits per heavy atom. The van der Waals surface area contributed by atoms with Crippen LogP contribution in [0.5, 0.6) is 0 Å². The number of nitrogens with one attached hydrogen (secondary N) is 1. The molecule has 10 heavy (non-hydrogen) atoms. The van der Waals surface area contributed by atoms with Gasteiger partial charge in [-0.05, 0) is 26.4 Å². The predicted octanol–water partition coefficient (Wildman–Crippen LogP) is 0.690. The SMILES string of the molecule is CCN(C)CCNC1CC1. The van der Waals surface area contributed by atoms with Gasteiger partial charge in [0.15, 0.2) is 0 Å². The lowest BCUT2D eigenvalue weighted by atomic mass is 10.5. The Kier molecular flexibility index (Phi) is 3.16. The van der Waals surface area contributed by atoms with Gasteiger partial charge in [0.05, 0.1) is 0 Å². The minimum absolute atomic E-state index is 0.866. The maximum absolute atomic E-state index is 3.48. The van der Waals surface area contributed by atoms with Crippen LogP contribution in [0.15, 0.2) is 0 Å². The zero-order chi connectivity index (χ0) is 7.40. The van der Waals surface area contributed by atoms with E-state index in [0.29, 0.717) is 0 Å². The Bertz CT molecular complexity index is 89.3. The molecule has 0 saturated heterocycles. The van der Waals surface area contributed by atoms with E-state index in [4.69, 9.17) is 0 Å². The molecule has 1 fully saturated rings. The molecular weight excluding hydrogens is 124 g/mol. The van der Waals surface area contributed by atoms with Gasteiger partial charge in [-0.2, -0.15) is 0 Å². The Morgan fingerprint density at radius 3 is 2.70 bits per heavy atom. The fourth-order valence-electron chi connectivity index (χ4n) is 0.905. The summed E-state index contributed by atoms with van der Waals surface area (Å²) in [6.45, 7) is 5.70. The first-order valence-electron chi connectivity index (χ1n) is 4.25. The van der Waals surface area contributed by atoms with Crippen LogP contribution < -0.4 is 5.32 Å². The number of nitrogens with zero attached hydrogens (tertiary/aromatic N) is 1. The van der Waals surface area contributed by atoms with E-state index in [-0.39, 0.29) is 0 Å². The minimum atomic E-state index is 0.866. The van der Waals surface area contributed by atoms with Crippen molar-refractivity contribution in [2.75, 3.05) is 26.7 Å². The molecule has 0 unspecified atom stereocenters.